The Balaban J connectivity index is 1.50. The van der Waals surface area contributed by atoms with Gasteiger partial charge in [-0.15, -0.1) is 0 Å². The minimum Gasteiger partial charge on any atom is -0.394 e. The first kappa shape index (κ1) is 75.0. The van der Waals surface area contributed by atoms with Crippen LogP contribution in [-0.2, 0) is 23.7 Å². The van der Waals surface area contributed by atoms with E-state index in [0.717, 1.165) is 51.4 Å². The van der Waals surface area contributed by atoms with E-state index in [2.05, 4.69) is 55.6 Å². The molecule has 0 spiro atoms. The van der Waals surface area contributed by atoms with E-state index in [1.165, 1.54) is 193 Å². The number of aliphatic hydroxyl groups excluding tert-OH is 8. The van der Waals surface area contributed by atoms with Crippen LogP contribution < -0.4 is 5.32 Å². The fourth-order valence-electron chi connectivity index (χ4n) is 10.9. The first-order chi connectivity index (χ1) is 39.6. The van der Waals surface area contributed by atoms with Crippen LogP contribution in [0.2, 0.25) is 0 Å². The third kappa shape index (κ3) is 37.2. The molecule has 9 N–H and O–H groups in total. The van der Waals surface area contributed by atoms with E-state index in [1.807, 2.05) is 6.08 Å². The Labute approximate surface area is 493 Å². The Bertz CT molecular complexity index is 1540. The summed E-state index contributed by atoms with van der Waals surface area (Å²) in [6, 6.07) is -0.927. The predicted octanol–water partition coefficient (Wildman–Crippen LogP) is 12.7. The summed E-state index contributed by atoms with van der Waals surface area (Å²) in [6.07, 6.45) is 51.0. The summed E-state index contributed by atoms with van der Waals surface area (Å²) in [6.45, 7) is 2.69. The fourth-order valence-corrected chi connectivity index (χ4v) is 10.9. The van der Waals surface area contributed by atoms with Crippen LogP contribution in [0.3, 0.4) is 0 Å². The van der Waals surface area contributed by atoms with E-state index in [-0.39, 0.29) is 18.9 Å². The van der Waals surface area contributed by atoms with E-state index in [9.17, 15) is 45.6 Å². The number of hydrogen-bond acceptors (Lipinski definition) is 13. The van der Waals surface area contributed by atoms with E-state index in [0.29, 0.717) is 12.8 Å². The van der Waals surface area contributed by atoms with Gasteiger partial charge in [-0.1, -0.05) is 262 Å². The summed E-state index contributed by atoms with van der Waals surface area (Å²) in [5.41, 5.74) is 0. The van der Waals surface area contributed by atoms with Crippen LogP contribution in [0.15, 0.2) is 48.6 Å². The maximum atomic E-state index is 13.2. The minimum atomic E-state index is -1.79. The Morgan fingerprint density at radius 3 is 1.32 bits per heavy atom. The molecule has 2 aliphatic heterocycles. The van der Waals surface area contributed by atoms with Crippen molar-refractivity contribution in [1.29, 1.82) is 0 Å². The largest absolute Gasteiger partial charge is 0.394 e. The molecule has 0 aliphatic carbocycles. The molecule has 2 fully saturated rings. The van der Waals surface area contributed by atoms with Gasteiger partial charge in [0.15, 0.2) is 12.6 Å². The number of ether oxygens (including phenoxy) is 4. The average Bonchev–Trinajstić information content (AvgIpc) is 3.55. The highest BCUT2D eigenvalue weighted by molar-refractivity contribution is 5.76. The van der Waals surface area contributed by atoms with Gasteiger partial charge >= 0.3 is 0 Å². The Kier molecular flexibility index (Phi) is 48.5. The summed E-state index contributed by atoms with van der Waals surface area (Å²) in [5, 5.41) is 86.7. The van der Waals surface area contributed by atoms with Crippen LogP contribution in [0.1, 0.15) is 277 Å². The minimum absolute atomic E-state index is 0.249. The van der Waals surface area contributed by atoms with Crippen molar-refractivity contribution in [3.05, 3.63) is 48.6 Å². The first-order valence-electron chi connectivity index (χ1n) is 33.4. The lowest BCUT2D eigenvalue weighted by Gasteiger charge is -2.46. The van der Waals surface area contributed by atoms with Crippen LogP contribution in [-0.4, -0.2) is 140 Å². The van der Waals surface area contributed by atoms with Gasteiger partial charge in [-0.25, -0.2) is 0 Å². The zero-order valence-electron chi connectivity index (χ0n) is 51.3. The van der Waals surface area contributed by atoms with Crippen molar-refractivity contribution >= 4 is 5.91 Å². The highest BCUT2D eigenvalue weighted by Crippen LogP contribution is 2.30. The van der Waals surface area contributed by atoms with Crippen molar-refractivity contribution in [3.8, 4) is 0 Å². The molecule has 0 saturated carbocycles. The maximum absolute atomic E-state index is 13.2. The van der Waals surface area contributed by atoms with Gasteiger partial charge in [0.05, 0.1) is 32.0 Å². The molecule has 81 heavy (non-hydrogen) atoms. The molecule has 2 rings (SSSR count). The van der Waals surface area contributed by atoms with Gasteiger partial charge < -0.3 is 65.1 Å². The molecule has 1 amide bonds. The van der Waals surface area contributed by atoms with Gasteiger partial charge in [-0.2, -0.15) is 0 Å². The zero-order chi connectivity index (χ0) is 58.8. The van der Waals surface area contributed by atoms with Crippen molar-refractivity contribution in [2.24, 2.45) is 0 Å². The van der Waals surface area contributed by atoms with Gasteiger partial charge in [0.2, 0.25) is 5.91 Å². The van der Waals surface area contributed by atoms with Gasteiger partial charge in [-0.05, 0) is 57.8 Å². The third-order valence-corrected chi connectivity index (χ3v) is 16.2. The summed E-state index contributed by atoms with van der Waals surface area (Å²) in [5.74, 6) is -0.249. The Morgan fingerprint density at radius 2 is 0.840 bits per heavy atom. The van der Waals surface area contributed by atoms with Crippen molar-refractivity contribution in [2.45, 2.75) is 351 Å². The number of allylic oxidation sites excluding steroid dienone is 7. The standard InChI is InChI=1S/C67H123NO13/c1-3-5-7-9-11-13-14-15-16-17-18-19-20-21-22-23-24-25-26-27-28-29-30-31-32-33-34-35-36-37-38-39-40-41-42-43-45-47-49-51-59(72)68-55(56(71)50-48-46-44-12-10-8-6-4-2)54-78-66-64(77)62(75)65(58(53-70)80-66)81-67-63(76)61(74)60(73)57(52-69)79-67/h10,12,14-15,17-18,48,50,55-58,60-67,69-71,73-77H,3-9,11,13,16,19-47,49,51-54H2,1-2H3,(H,68,72)/b12-10+,15-14-,18-17-,50-48+. The highest BCUT2D eigenvalue weighted by atomic mass is 16.7. The normalized spacial score (nSPS) is 24.4. The summed E-state index contributed by atoms with van der Waals surface area (Å²) >= 11 is 0. The molecule has 474 valence electrons. The topological polar surface area (TPSA) is 228 Å². The number of hydrogen-bond donors (Lipinski definition) is 9. The molecule has 2 heterocycles. The Morgan fingerprint density at radius 1 is 0.444 bits per heavy atom. The second-order valence-electron chi connectivity index (χ2n) is 23.6. The van der Waals surface area contributed by atoms with Crippen molar-refractivity contribution < 1.29 is 64.6 Å². The lowest BCUT2D eigenvalue weighted by Crippen LogP contribution is -2.65. The van der Waals surface area contributed by atoms with E-state index in [1.54, 1.807) is 6.08 Å². The van der Waals surface area contributed by atoms with E-state index in [4.69, 9.17) is 18.9 Å². The molecule has 14 heteroatoms. The summed E-state index contributed by atoms with van der Waals surface area (Å²) in [4.78, 5) is 13.2. The first-order valence-corrected chi connectivity index (χ1v) is 33.4. The van der Waals surface area contributed by atoms with Crippen LogP contribution in [0, 0.1) is 0 Å². The molecule has 0 aromatic carbocycles. The Hall–Kier alpha value is -2.05. The number of unbranched alkanes of at least 4 members (excludes halogenated alkanes) is 35. The van der Waals surface area contributed by atoms with Crippen molar-refractivity contribution in [3.63, 3.8) is 0 Å². The molecule has 0 aromatic rings. The number of nitrogens with one attached hydrogen (secondary N) is 1. The smallest absolute Gasteiger partial charge is 0.220 e. The summed E-state index contributed by atoms with van der Waals surface area (Å²) in [7, 11) is 0. The van der Waals surface area contributed by atoms with Gasteiger partial charge in [0.1, 0.15) is 48.8 Å². The van der Waals surface area contributed by atoms with Gasteiger partial charge in [0.25, 0.3) is 0 Å². The molecule has 0 aromatic heterocycles. The molecule has 2 aliphatic rings. The van der Waals surface area contributed by atoms with Crippen LogP contribution in [0.25, 0.3) is 0 Å². The quantitative estimate of drug-likeness (QED) is 0.0204. The lowest BCUT2D eigenvalue weighted by molar-refractivity contribution is -0.359. The van der Waals surface area contributed by atoms with Crippen LogP contribution in [0.4, 0.5) is 0 Å². The fraction of sp³-hybridized carbons (Fsp3) is 0.866. The maximum Gasteiger partial charge on any atom is 0.220 e. The highest BCUT2D eigenvalue weighted by Gasteiger charge is 2.51. The second-order valence-corrected chi connectivity index (χ2v) is 23.6. The lowest BCUT2D eigenvalue weighted by atomic mass is 9.97. The van der Waals surface area contributed by atoms with Crippen LogP contribution >= 0.6 is 0 Å². The number of amides is 1. The van der Waals surface area contributed by atoms with E-state index < -0.39 is 86.8 Å². The third-order valence-electron chi connectivity index (χ3n) is 16.2. The predicted molar refractivity (Wildman–Crippen MR) is 327 cm³/mol. The molecule has 12 unspecified atom stereocenters. The molecular formula is C67H123NO13. The molecular weight excluding hydrogens is 1030 g/mol. The van der Waals surface area contributed by atoms with Crippen LogP contribution in [0.5, 0.6) is 0 Å². The number of aliphatic hydroxyl groups is 8. The number of rotatable bonds is 54. The molecule has 0 radical (unpaired) electrons. The number of carbonyl (C=O) groups excluding carboxylic acids is 1. The van der Waals surface area contributed by atoms with Gasteiger partial charge in [0, 0.05) is 6.42 Å². The number of carbonyl (C=O) groups is 1. The molecule has 14 nitrogen and oxygen atoms in total. The molecule has 2 saturated heterocycles. The van der Waals surface area contributed by atoms with Gasteiger partial charge in [-0.3, -0.25) is 4.79 Å². The SMILES string of the molecule is CCCC/C=C/CC/C=C/C(O)C(COC1OC(CO)C(OC2OC(CO)C(O)C(O)C2O)C(O)C1O)NC(=O)CCCCCCCCCCCCCCCCCCCCCCCCCCCCC/C=C\C/C=C\CCCCCCC. The average molecular weight is 1150 g/mol. The summed E-state index contributed by atoms with van der Waals surface area (Å²) < 4.78 is 22.7. The molecule has 0 bridgehead atoms. The van der Waals surface area contributed by atoms with Crippen molar-refractivity contribution in [2.75, 3.05) is 19.8 Å². The zero-order valence-corrected chi connectivity index (χ0v) is 51.3. The molecule has 12 atom stereocenters. The van der Waals surface area contributed by atoms with E-state index >= 15 is 0 Å². The monoisotopic (exact) mass is 1150 g/mol. The van der Waals surface area contributed by atoms with Crippen molar-refractivity contribution in [1.82, 2.24) is 5.32 Å². The second kappa shape index (κ2) is 52.3.